The van der Waals surface area contributed by atoms with Gasteiger partial charge >= 0.3 is 0 Å². The lowest BCUT2D eigenvalue weighted by Crippen LogP contribution is -2.25. The lowest BCUT2D eigenvalue weighted by atomic mass is 10.1. The van der Waals surface area contributed by atoms with Crippen molar-refractivity contribution in [1.82, 2.24) is 9.88 Å². The van der Waals surface area contributed by atoms with E-state index >= 15 is 0 Å². The summed E-state index contributed by atoms with van der Waals surface area (Å²) in [6.07, 6.45) is 10.2. The molecule has 192 valence electrons. The van der Waals surface area contributed by atoms with Gasteiger partial charge in [0.15, 0.2) is 11.5 Å². The number of carbonyl (C=O) groups is 2. The van der Waals surface area contributed by atoms with Crippen molar-refractivity contribution in [3.63, 3.8) is 0 Å². The summed E-state index contributed by atoms with van der Waals surface area (Å²) in [4.78, 5) is 25.4. The molecule has 2 amide bonds. The Labute approximate surface area is 216 Å². The summed E-state index contributed by atoms with van der Waals surface area (Å²) in [6, 6.07) is 14.9. The summed E-state index contributed by atoms with van der Waals surface area (Å²) in [7, 11) is 0. The highest BCUT2D eigenvalue weighted by molar-refractivity contribution is 6.04. The van der Waals surface area contributed by atoms with Crippen molar-refractivity contribution in [2.75, 3.05) is 18.7 Å². The number of aromatic nitrogens is 1. The fraction of sp³-hybridized carbons (Fsp3) is 0.345. The van der Waals surface area contributed by atoms with Crippen LogP contribution in [0.2, 0.25) is 0 Å². The van der Waals surface area contributed by atoms with Crippen LogP contribution in [0.5, 0.6) is 11.5 Å². The lowest BCUT2D eigenvalue weighted by molar-refractivity contribution is -0.117. The molecule has 2 N–H and O–H groups in total. The van der Waals surface area contributed by atoms with E-state index in [1.54, 1.807) is 30.5 Å². The van der Waals surface area contributed by atoms with Crippen molar-refractivity contribution in [2.24, 2.45) is 0 Å². The summed E-state index contributed by atoms with van der Waals surface area (Å²) in [6.45, 7) is 2.96. The second-order valence-electron chi connectivity index (χ2n) is 9.04. The van der Waals surface area contributed by atoms with Crippen LogP contribution < -0.4 is 20.1 Å². The third-order valence-electron chi connectivity index (χ3n) is 6.27. The van der Waals surface area contributed by atoms with Crippen LogP contribution in [0, 0.1) is 11.3 Å². The van der Waals surface area contributed by atoms with Gasteiger partial charge in [0.2, 0.25) is 12.7 Å². The molecule has 8 nitrogen and oxygen atoms in total. The van der Waals surface area contributed by atoms with Gasteiger partial charge in [-0.3, -0.25) is 9.59 Å². The van der Waals surface area contributed by atoms with Gasteiger partial charge in [0.05, 0.1) is 0 Å². The Morgan fingerprint density at radius 3 is 2.68 bits per heavy atom. The minimum atomic E-state index is -0.381. The Balaban J connectivity index is 1.42. The number of fused-ring (bicyclic) bond motifs is 2. The number of unbranched alkanes of at least 4 members (excludes halogenated alkanes) is 5. The summed E-state index contributed by atoms with van der Waals surface area (Å²) in [5, 5.41) is 16.2. The number of nitrogens with one attached hydrogen (secondary N) is 2. The minimum absolute atomic E-state index is 0.0405. The lowest BCUT2D eigenvalue weighted by Gasteiger charge is -2.08. The third-order valence-corrected chi connectivity index (χ3v) is 6.27. The number of carbonyl (C=O) groups excluding carboxylic acids is 2. The summed E-state index contributed by atoms with van der Waals surface area (Å²) in [5.41, 5.74) is 2.19. The van der Waals surface area contributed by atoms with E-state index in [4.69, 9.17) is 9.47 Å². The summed E-state index contributed by atoms with van der Waals surface area (Å²) < 4.78 is 12.5. The van der Waals surface area contributed by atoms with Crippen molar-refractivity contribution < 1.29 is 19.1 Å². The predicted octanol–water partition coefficient (Wildman–Crippen LogP) is 5.39. The second kappa shape index (κ2) is 12.6. The molecular weight excluding hydrogens is 468 g/mol. The Hall–Kier alpha value is -4.25. The van der Waals surface area contributed by atoms with E-state index in [2.05, 4.69) is 17.6 Å². The average Bonchev–Trinajstić information content (AvgIpc) is 3.51. The molecule has 2 heterocycles. The topological polar surface area (TPSA) is 105 Å². The van der Waals surface area contributed by atoms with Gasteiger partial charge in [0.25, 0.3) is 5.91 Å². The molecule has 0 unspecified atom stereocenters. The van der Waals surface area contributed by atoms with Crippen LogP contribution in [0.4, 0.5) is 5.69 Å². The molecular formula is C29H32N4O4. The zero-order valence-corrected chi connectivity index (χ0v) is 21.1. The van der Waals surface area contributed by atoms with Crippen LogP contribution in [-0.4, -0.2) is 29.7 Å². The van der Waals surface area contributed by atoms with Crippen molar-refractivity contribution in [2.45, 2.75) is 52.0 Å². The molecule has 0 aliphatic carbocycles. The van der Waals surface area contributed by atoms with Gasteiger partial charge in [-0.25, -0.2) is 0 Å². The molecule has 2 aromatic carbocycles. The zero-order valence-electron chi connectivity index (χ0n) is 21.1. The molecule has 8 heteroatoms. The van der Waals surface area contributed by atoms with Crippen LogP contribution in [0.1, 0.15) is 51.0 Å². The monoisotopic (exact) mass is 500 g/mol. The third kappa shape index (κ3) is 6.70. The van der Waals surface area contributed by atoms with Crippen molar-refractivity contribution >= 4 is 34.5 Å². The predicted molar refractivity (Wildman–Crippen MR) is 143 cm³/mol. The Morgan fingerprint density at radius 2 is 1.84 bits per heavy atom. The first kappa shape index (κ1) is 25.8. The number of amides is 2. The van der Waals surface area contributed by atoms with Gasteiger partial charge in [-0.1, -0.05) is 57.2 Å². The quantitative estimate of drug-likeness (QED) is 0.197. The van der Waals surface area contributed by atoms with E-state index in [1.807, 2.05) is 34.9 Å². The Bertz CT molecular complexity index is 1340. The maximum atomic E-state index is 12.8. The van der Waals surface area contributed by atoms with Gasteiger partial charge in [-0.2, -0.15) is 5.26 Å². The van der Waals surface area contributed by atoms with E-state index in [0.717, 1.165) is 30.2 Å². The van der Waals surface area contributed by atoms with Gasteiger partial charge in [-0.05, 0) is 30.7 Å². The van der Waals surface area contributed by atoms with Gasteiger partial charge in [0, 0.05) is 41.0 Å². The molecule has 0 saturated heterocycles. The van der Waals surface area contributed by atoms with E-state index in [9.17, 15) is 14.9 Å². The first-order chi connectivity index (χ1) is 18.1. The van der Waals surface area contributed by atoms with E-state index in [1.165, 1.54) is 19.3 Å². The van der Waals surface area contributed by atoms with Gasteiger partial charge in [0.1, 0.15) is 18.2 Å². The number of para-hydroxylation sites is 1. The van der Waals surface area contributed by atoms with Crippen LogP contribution in [0.25, 0.3) is 17.0 Å². The average molecular weight is 501 g/mol. The van der Waals surface area contributed by atoms with Crippen LogP contribution in [0.15, 0.2) is 54.2 Å². The molecule has 0 atom stereocenters. The fourth-order valence-electron chi connectivity index (χ4n) is 4.36. The Morgan fingerprint density at radius 1 is 1.05 bits per heavy atom. The van der Waals surface area contributed by atoms with Crippen molar-refractivity contribution in [3.8, 4) is 17.6 Å². The van der Waals surface area contributed by atoms with E-state index < -0.39 is 0 Å². The molecule has 1 aliphatic rings. The number of hydrogen-bond donors (Lipinski definition) is 2. The highest BCUT2D eigenvalue weighted by Crippen LogP contribution is 2.34. The van der Waals surface area contributed by atoms with E-state index in [-0.39, 0.29) is 30.7 Å². The number of ether oxygens (including phenoxy) is 2. The molecule has 0 spiro atoms. The zero-order chi connectivity index (χ0) is 26.0. The first-order valence-electron chi connectivity index (χ1n) is 12.8. The number of nitrogens with zero attached hydrogens (tertiary/aromatic N) is 2. The largest absolute Gasteiger partial charge is 0.454 e. The van der Waals surface area contributed by atoms with Crippen molar-refractivity contribution in [1.29, 1.82) is 5.26 Å². The summed E-state index contributed by atoms with van der Waals surface area (Å²) >= 11 is 0. The smallest absolute Gasteiger partial charge is 0.261 e. The van der Waals surface area contributed by atoms with Crippen LogP contribution >= 0.6 is 0 Å². The maximum absolute atomic E-state index is 12.8. The summed E-state index contributed by atoms with van der Waals surface area (Å²) in [5.74, 6) is 0.645. The molecule has 3 aromatic rings. The normalized spacial score (nSPS) is 12.4. The molecule has 1 aliphatic heterocycles. The molecule has 0 saturated carbocycles. The molecule has 0 fully saturated rings. The number of anilines is 1. The number of rotatable bonds is 12. The number of hydrogen-bond acceptors (Lipinski definition) is 5. The number of nitriles is 1. The Kier molecular flexibility index (Phi) is 8.82. The van der Waals surface area contributed by atoms with E-state index in [0.29, 0.717) is 29.3 Å². The highest BCUT2D eigenvalue weighted by Gasteiger charge is 2.16. The maximum Gasteiger partial charge on any atom is 0.261 e. The molecule has 37 heavy (non-hydrogen) atoms. The molecule has 0 radical (unpaired) electrons. The van der Waals surface area contributed by atoms with Crippen LogP contribution in [0.3, 0.4) is 0 Å². The molecule has 4 rings (SSSR count). The number of benzene rings is 2. The minimum Gasteiger partial charge on any atom is -0.454 e. The SMILES string of the molecule is CCCCCCCCNC(=O)/C(C#N)=C/c1cn(CC(=O)Nc2ccc3c(c2)OCO3)c2ccccc12. The fourth-order valence-corrected chi connectivity index (χ4v) is 4.36. The second-order valence-corrected chi connectivity index (χ2v) is 9.04. The molecule has 0 bridgehead atoms. The van der Waals surface area contributed by atoms with Gasteiger partial charge < -0.3 is 24.7 Å². The molecule has 1 aromatic heterocycles. The van der Waals surface area contributed by atoms with Gasteiger partial charge in [-0.15, -0.1) is 0 Å². The highest BCUT2D eigenvalue weighted by atomic mass is 16.7. The first-order valence-corrected chi connectivity index (χ1v) is 12.8. The van der Waals surface area contributed by atoms with Crippen molar-refractivity contribution in [3.05, 3.63) is 59.8 Å². The standard InChI is InChI=1S/C29H32N4O4/c1-2-3-4-5-6-9-14-31-29(35)21(17-30)15-22-18-33(25-11-8-7-10-24(22)25)19-28(34)32-23-12-13-26-27(16-23)37-20-36-26/h7-8,10-13,15-16,18H,2-6,9,14,19-20H2,1H3,(H,31,35)(H,32,34)/b21-15+. The van der Waals surface area contributed by atoms with Crippen LogP contribution in [-0.2, 0) is 16.1 Å².